The summed E-state index contributed by atoms with van der Waals surface area (Å²) in [4.78, 5) is 29.8. The van der Waals surface area contributed by atoms with Gasteiger partial charge < -0.3 is 14.4 Å². The van der Waals surface area contributed by atoms with Crippen LogP contribution in [0.2, 0.25) is 5.02 Å². The number of allylic oxidation sites excluding steroid dienone is 1. The molecule has 3 aliphatic carbocycles. The molecule has 7 atom stereocenters. The number of amides is 2. The molecule has 270 valence electrons. The minimum atomic E-state index is -3.52. The zero-order valence-electron chi connectivity index (χ0n) is 29.5. The smallest absolute Gasteiger partial charge is 0.286 e. The second-order valence-electron chi connectivity index (χ2n) is 15.4. The number of rotatable bonds is 5. The lowest BCUT2D eigenvalue weighted by Crippen LogP contribution is -2.47. The van der Waals surface area contributed by atoms with Crippen molar-refractivity contribution in [3.8, 4) is 5.75 Å². The normalized spacial score (nSPS) is 33.1. The highest BCUT2D eigenvalue weighted by Gasteiger charge is 2.80. The van der Waals surface area contributed by atoms with E-state index in [1.54, 1.807) is 24.1 Å². The average molecular weight is 732 g/mol. The van der Waals surface area contributed by atoms with Crippen molar-refractivity contribution in [3.05, 3.63) is 88.2 Å². The molecule has 5 aliphatic rings. The molecule has 3 aromatic rings. The minimum Gasteiger partial charge on any atom is -0.490 e. The van der Waals surface area contributed by atoms with Crippen molar-refractivity contribution in [3.63, 3.8) is 0 Å². The van der Waals surface area contributed by atoms with Crippen LogP contribution in [0.3, 0.4) is 0 Å². The molecule has 3 heterocycles. The average Bonchev–Trinajstić information content (AvgIpc) is 3.90. The molecule has 8 rings (SSSR count). The van der Waals surface area contributed by atoms with Crippen LogP contribution in [0.1, 0.15) is 77.8 Å². The first-order chi connectivity index (χ1) is 24.5. The summed E-state index contributed by atoms with van der Waals surface area (Å²) in [6.07, 6.45) is 12.9. The first kappa shape index (κ1) is 34.4. The third-order valence-corrected chi connectivity index (χ3v) is 14.0. The zero-order chi connectivity index (χ0) is 35.5. The van der Waals surface area contributed by atoms with Gasteiger partial charge in [-0.25, -0.2) is 4.21 Å². The number of nitrogens with zero attached hydrogens (tertiary/aromatic N) is 4. The van der Waals surface area contributed by atoms with Crippen molar-refractivity contribution in [2.24, 2.45) is 27.5 Å². The number of benzene rings is 2. The number of carbonyl (C=O) groups excluding carboxylic acids is 2. The van der Waals surface area contributed by atoms with Gasteiger partial charge in [0.05, 0.1) is 35.9 Å². The summed E-state index contributed by atoms with van der Waals surface area (Å²) in [5.41, 5.74) is 3.85. The van der Waals surface area contributed by atoms with Gasteiger partial charge in [-0.15, -0.1) is 4.36 Å². The lowest BCUT2D eigenvalue weighted by atomic mass is 9.70. The second kappa shape index (κ2) is 13.1. The Morgan fingerprint density at radius 2 is 2.08 bits per heavy atom. The fraction of sp³-hybridized carbons (Fsp3) is 0.513. The van der Waals surface area contributed by atoms with Crippen LogP contribution >= 0.6 is 11.6 Å². The van der Waals surface area contributed by atoms with Gasteiger partial charge >= 0.3 is 0 Å². The third kappa shape index (κ3) is 6.39. The Labute approximate surface area is 305 Å². The number of fused-ring (bicyclic) bond motifs is 4. The zero-order valence-corrected chi connectivity index (χ0v) is 31.0. The van der Waals surface area contributed by atoms with E-state index >= 15 is 0 Å². The predicted octanol–water partition coefficient (Wildman–Crippen LogP) is 6.62. The summed E-state index contributed by atoms with van der Waals surface area (Å²) in [7, 11) is -1.75. The van der Waals surface area contributed by atoms with Gasteiger partial charge in [0.2, 0.25) is 0 Å². The Balaban J connectivity index is 1.19. The summed E-state index contributed by atoms with van der Waals surface area (Å²) in [5.74, 6) is 0.361. The highest BCUT2D eigenvalue weighted by Crippen LogP contribution is 2.81. The molecule has 2 amide bonds. The van der Waals surface area contributed by atoms with Crippen molar-refractivity contribution >= 4 is 39.0 Å². The summed E-state index contributed by atoms with van der Waals surface area (Å²) in [6, 6.07) is 11.6. The van der Waals surface area contributed by atoms with Crippen molar-refractivity contribution < 1.29 is 23.3 Å². The van der Waals surface area contributed by atoms with E-state index in [0.29, 0.717) is 42.7 Å². The van der Waals surface area contributed by atoms with Gasteiger partial charge in [0.1, 0.15) is 15.7 Å². The lowest BCUT2D eigenvalue weighted by Gasteiger charge is -2.41. The quantitative estimate of drug-likeness (QED) is 0.294. The summed E-state index contributed by atoms with van der Waals surface area (Å²) in [6.45, 7) is 6.70. The number of nitrogens with one attached hydrogen (secondary N) is 1. The standard InChI is InChI=1S/C39H46ClN5O5S/c1-4-15-45-20-28(19-41-45)37(47)43-51(48)21-25(2)7-5-9-34(49-3)35-31-18-39(31,35)23-44-22-38(14-6-8-26-16-29(40)11-12-30(26)38)24-50-33-13-10-27(17-32(33)44)36(46)42-51/h5,9-13,16-17,19-20,25,31,34-35H,4,6-8,14-15,18,21-24H2,1-3H3,(H,42,43,46,47,48)/b9-5+/t25-,31?,34-,35-,38-,39+,51-/m0/s1. The SMILES string of the molecule is CCCn1cc(C(=O)N[S@@]2(=O)=NC(=O)c3ccc4c(c3)N(C[C@@]3(CCCc5cc(Cl)ccc53)CO4)C[C@]34CC3[C@H]4[C@@H](OC)/C=C/C[C@H](C)C2)cn1. The number of carbonyl (C=O) groups is 2. The van der Waals surface area contributed by atoms with Crippen molar-refractivity contribution in [2.75, 3.05) is 37.5 Å². The van der Waals surface area contributed by atoms with Crippen LogP contribution in [0.25, 0.3) is 0 Å². The molecular formula is C39H46ClN5O5S. The molecule has 0 radical (unpaired) electrons. The number of aromatic nitrogens is 2. The van der Waals surface area contributed by atoms with Gasteiger partial charge in [0.25, 0.3) is 11.8 Å². The maximum Gasteiger partial charge on any atom is 0.286 e. The molecule has 2 saturated carbocycles. The Morgan fingerprint density at radius 1 is 1.22 bits per heavy atom. The van der Waals surface area contributed by atoms with E-state index < -0.39 is 21.7 Å². The van der Waals surface area contributed by atoms with Crippen molar-refractivity contribution in [1.82, 2.24) is 14.5 Å². The van der Waals surface area contributed by atoms with E-state index in [2.05, 4.69) is 43.4 Å². The number of ether oxygens (including phenoxy) is 2. The van der Waals surface area contributed by atoms with Crippen LogP contribution in [-0.4, -0.2) is 64.5 Å². The van der Waals surface area contributed by atoms with Crippen LogP contribution in [0.5, 0.6) is 5.75 Å². The molecule has 1 unspecified atom stereocenters. The summed E-state index contributed by atoms with van der Waals surface area (Å²) < 4.78 is 35.9. The molecule has 51 heavy (non-hydrogen) atoms. The Morgan fingerprint density at radius 3 is 2.88 bits per heavy atom. The van der Waals surface area contributed by atoms with Gasteiger partial charge in [0, 0.05) is 48.9 Å². The number of hydrogen-bond donors (Lipinski definition) is 1. The fourth-order valence-corrected chi connectivity index (χ4v) is 11.1. The van der Waals surface area contributed by atoms with Gasteiger partial charge in [-0.1, -0.05) is 43.7 Å². The molecule has 2 bridgehead atoms. The largest absolute Gasteiger partial charge is 0.490 e. The Hall–Kier alpha value is -3.67. The van der Waals surface area contributed by atoms with Crippen LogP contribution in [-0.2, 0) is 33.0 Å². The van der Waals surface area contributed by atoms with E-state index in [4.69, 9.17) is 21.1 Å². The van der Waals surface area contributed by atoms with E-state index in [9.17, 15) is 13.8 Å². The van der Waals surface area contributed by atoms with Gasteiger partial charge in [0.15, 0.2) is 0 Å². The number of methoxy groups -OCH3 is 1. The van der Waals surface area contributed by atoms with Gasteiger partial charge in [-0.3, -0.25) is 19.0 Å². The van der Waals surface area contributed by atoms with E-state index in [0.717, 1.165) is 55.9 Å². The van der Waals surface area contributed by atoms with Crippen molar-refractivity contribution in [2.45, 2.75) is 70.4 Å². The first-order valence-electron chi connectivity index (χ1n) is 18.2. The molecule has 1 aromatic heterocycles. The topological polar surface area (TPSA) is 115 Å². The minimum absolute atomic E-state index is 0.0116. The number of aryl methyl sites for hydroxylation is 2. The number of hydrogen-bond acceptors (Lipinski definition) is 7. The van der Waals surface area contributed by atoms with Gasteiger partial charge in [-0.05, 0) is 103 Å². The maximum absolute atomic E-state index is 14.5. The number of halogens is 1. The van der Waals surface area contributed by atoms with Crippen LogP contribution in [0.15, 0.2) is 65.3 Å². The van der Waals surface area contributed by atoms with Crippen molar-refractivity contribution in [1.29, 1.82) is 0 Å². The molecule has 2 aromatic carbocycles. The van der Waals surface area contributed by atoms with E-state index in [1.165, 1.54) is 17.3 Å². The Bertz CT molecular complexity index is 2040. The molecule has 10 nitrogen and oxygen atoms in total. The molecule has 12 heteroatoms. The molecular weight excluding hydrogens is 686 g/mol. The Kier molecular flexibility index (Phi) is 8.82. The van der Waals surface area contributed by atoms with Crippen LogP contribution in [0, 0.1) is 23.2 Å². The second-order valence-corrected chi connectivity index (χ2v) is 17.9. The highest BCUT2D eigenvalue weighted by atomic mass is 35.5. The highest BCUT2D eigenvalue weighted by molar-refractivity contribution is 7.92. The monoisotopic (exact) mass is 731 g/mol. The number of anilines is 1. The summed E-state index contributed by atoms with van der Waals surface area (Å²) in [5, 5.41) is 4.99. The van der Waals surface area contributed by atoms with E-state index in [-0.39, 0.29) is 34.2 Å². The maximum atomic E-state index is 14.5. The molecule has 1 N–H and O–H groups in total. The molecule has 0 saturated heterocycles. The lowest BCUT2D eigenvalue weighted by molar-refractivity contribution is 0.0963. The first-order valence-corrected chi connectivity index (χ1v) is 20.3. The van der Waals surface area contributed by atoms with Crippen LogP contribution < -0.4 is 14.4 Å². The molecule has 2 fully saturated rings. The molecule has 2 aliphatic heterocycles. The predicted molar refractivity (Wildman–Crippen MR) is 198 cm³/mol. The molecule has 2 spiro atoms. The van der Waals surface area contributed by atoms with Crippen LogP contribution in [0.4, 0.5) is 5.69 Å². The van der Waals surface area contributed by atoms with E-state index in [1.807, 2.05) is 32.0 Å². The third-order valence-electron chi connectivity index (χ3n) is 11.8. The summed E-state index contributed by atoms with van der Waals surface area (Å²) >= 11 is 6.46. The fourth-order valence-electron chi connectivity index (χ4n) is 9.06. The van der Waals surface area contributed by atoms with Gasteiger partial charge in [-0.2, -0.15) is 5.10 Å².